The van der Waals surface area contributed by atoms with Crippen LogP contribution in [-0.4, -0.2) is 141 Å². The van der Waals surface area contributed by atoms with Crippen molar-refractivity contribution in [3.8, 4) is 0 Å². The molecule has 2 aliphatic carbocycles. The average molecular weight is 993 g/mol. The molecule has 0 aromatic heterocycles. The van der Waals surface area contributed by atoms with E-state index < -0.39 is 100 Å². The summed E-state index contributed by atoms with van der Waals surface area (Å²) in [7, 11) is 4.54. The minimum absolute atomic E-state index is 0.107. The predicted octanol–water partition coefficient (Wildman–Crippen LogP) is 7.60. The summed E-state index contributed by atoms with van der Waals surface area (Å²) in [6.45, 7) is 22.1. The molecule has 1 saturated carbocycles. The number of likely N-dealkylation sites (N-methyl/N-ethyl adjacent to an activating group) is 1. The summed E-state index contributed by atoms with van der Waals surface area (Å²) in [5.74, 6) is -3.79. The third-order valence-electron chi connectivity index (χ3n) is 15.6. The Kier molecular flexibility index (Phi) is 18.9. The number of benzene rings is 2. The van der Waals surface area contributed by atoms with Crippen molar-refractivity contribution in [2.24, 2.45) is 22.7 Å². The number of nitrogens with one attached hydrogen (secondary N) is 1. The number of amides is 1. The molecule has 1 saturated heterocycles. The number of hydrogen-bond acceptors (Lipinski definition) is 15. The maximum atomic E-state index is 16.4. The lowest BCUT2D eigenvalue weighted by atomic mass is 9.50. The van der Waals surface area contributed by atoms with Crippen molar-refractivity contribution in [3.05, 3.63) is 82.9 Å². The van der Waals surface area contributed by atoms with E-state index in [2.05, 4.69) is 17.1 Å². The Morgan fingerprint density at radius 3 is 2.13 bits per heavy atom. The Morgan fingerprint density at radius 2 is 1.59 bits per heavy atom. The fraction of sp³-hybridized carbons (Fsp3) is 0.655. The fourth-order valence-electron chi connectivity index (χ4n) is 11.4. The highest BCUT2D eigenvalue weighted by molar-refractivity contribution is 5.91. The van der Waals surface area contributed by atoms with Crippen LogP contribution in [0.4, 0.5) is 4.79 Å². The molecule has 11 atom stereocenters. The fourth-order valence-corrected chi connectivity index (χ4v) is 11.4. The normalized spacial score (nSPS) is 27.8. The van der Waals surface area contributed by atoms with Gasteiger partial charge in [-0.05, 0) is 96.3 Å². The molecule has 16 nitrogen and oxygen atoms in total. The number of aliphatic hydroxyl groups is 1. The topological polar surface area (TPSA) is 195 Å². The van der Waals surface area contributed by atoms with Crippen molar-refractivity contribution in [1.29, 1.82) is 0 Å². The summed E-state index contributed by atoms with van der Waals surface area (Å²) < 4.78 is 47.9. The third-order valence-corrected chi connectivity index (χ3v) is 15.6. The predicted molar refractivity (Wildman–Crippen MR) is 265 cm³/mol. The maximum absolute atomic E-state index is 16.4. The maximum Gasteiger partial charge on any atom is 0.408 e. The summed E-state index contributed by atoms with van der Waals surface area (Å²) in [6, 6.07) is 16.1. The standard InChI is InChI=1S/C55H80N2O14/c1-15-57(29-30-64-12)28-22-27-40(47(59)53(11)35(3)54(70-37(5)58)33-67-43(54)31-42(53)65-13)44-34(2)41(32-55(63,52(44,9)10)36(4)68-48(60)39-25-20-17-21-26-39)69-49(61)46(66-14)45(38-23-18-16-19-24-38)56-50(62)71-51(6,7)8/h16-21,23-26,35-36,40-43,45-46,63H,15,22,27-33H2,1-14H3,(H,56,62)/t35?,36-,40+,41-,42-,43+,45-,46+,53-,54+,55+/m0/s1. The van der Waals surface area contributed by atoms with Crippen LogP contribution in [0.2, 0.25) is 0 Å². The van der Waals surface area contributed by atoms with Gasteiger partial charge in [0.15, 0.2) is 11.7 Å². The number of hydrogen-bond donors (Lipinski definition) is 2. The molecule has 16 heteroatoms. The Hall–Kier alpha value is -4.71. The molecule has 0 bridgehead atoms. The number of alkyl carbamates (subject to hydrolysis) is 1. The van der Waals surface area contributed by atoms with Crippen LogP contribution in [0, 0.1) is 22.7 Å². The third kappa shape index (κ3) is 12.1. The van der Waals surface area contributed by atoms with Crippen molar-refractivity contribution < 1.29 is 67.0 Å². The van der Waals surface area contributed by atoms with E-state index in [9.17, 15) is 24.3 Å². The Labute approximate surface area is 420 Å². The van der Waals surface area contributed by atoms with Crippen LogP contribution in [0.5, 0.6) is 0 Å². The van der Waals surface area contributed by atoms with Gasteiger partial charge < -0.3 is 53.2 Å². The number of carbonyl (C=O) groups excluding carboxylic acids is 5. The molecule has 0 radical (unpaired) electrons. The number of Topliss-reactive ketones (excluding diaryl/α,β-unsaturated/α-hetero) is 1. The first-order chi connectivity index (χ1) is 33.4. The van der Waals surface area contributed by atoms with Crippen molar-refractivity contribution >= 4 is 29.8 Å². The Balaban J connectivity index is 1.70. The average Bonchev–Trinajstić information content (AvgIpc) is 3.31. The van der Waals surface area contributed by atoms with E-state index in [0.29, 0.717) is 49.2 Å². The van der Waals surface area contributed by atoms with E-state index in [1.54, 1.807) is 110 Å². The van der Waals surface area contributed by atoms with Crippen LogP contribution in [-0.2, 0) is 52.3 Å². The van der Waals surface area contributed by atoms with E-state index in [1.807, 2.05) is 27.7 Å². The van der Waals surface area contributed by atoms with E-state index in [-0.39, 0.29) is 30.8 Å². The number of ether oxygens (including phenoxy) is 8. The number of esters is 3. The van der Waals surface area contributed by atoms with Crippen molar-refractivity contribution in [3.63, 3.8) is 0 Å². The van der Waals surface area contributed by atoms with Gasteiger partial charge in [-0.1, -0.05) is 76.2 Å². The summed E-state index contributed by atoms with van der Waals surface area (Å²) >= 11 is 0. The lowest BCUT2D eigenvalue weighted by molar-refractivity contribution is -0.316. The first kappa shape index (κ1) is 57.2. The van der Waals surface area contributed by atoms with Crippen LogP contribution in [0.3, 0.4) is 0 Å². The van der Waals surface area contributed by atoms with Gasteiger partial charge in [0.2, 0.25) is 0 Å². The number of nitrogens with zero attached hydrogens (tertiary/aromatic N) is 1. The van der Waals surface area contributed by atoms with Gasteiger partial charge in [-0.15, -0.1) is 0 Å². The van der Waals surface area contributed by atoms with Gasteiger partial charge in [-0.3, -0.25) is 9.59 Å². The van der Waals surface area contributed by atoms with Crippen molar-refractivity contribution in [2.45, 2.75) is 155 Å². The van der Waals surface area contributed by atoms with Gasteiger partial charge in [0.25, 0.3) is 0 Å². The molecule has 0 spiro atoms. The first-order valence-corrected chi connectivity index (χ1v) is 24.9. The zero-order valence-corrected chi connectivity index (χ0v) is 44.5. The van der Waals surface area contributed by atoms with Gasteiger partial charge in [0, 0.05) is 64.9 Å². The molecule has 1 heterocycles. The summed E-state index contributed by atoms with van der Waals surface area (Å²) in [6.07, 6.45) is -4.96. The zero-order valence-electron chi connectivity index (χ0n) is 44.5. The van der Waals surface area contributed by atoms with Crippen LogP contribution in [0.1, 0.15) is 124 Å². The second-order valence-corrected chi connectivity index (χ2v) is 21.2. The first-order valence-electron chi connectivity index (χ1n) is 24.9. The minimum atomic E-state index is -1.98. The quantitative estimate of drug-likeness (QED) is 0.0665. The molecular weight excluding hydrogens is 913 g/mol. The van der Waals surface area contributed by atoms with Crippen molar-refractivity contribution in [2.75, 3.05) is 54.2 Å². The summed E-state index contributed by atoms with van der Waals surface area (Å²) in [4.78, 5) is 73.4. The van der Waals surface area contributed by atoms with E-state index in [1.165, 1.54) is 14.0 Å². The molecule has 2 aromatic carbocycles. The highest BCUT2D eigenvalue weighted by Crippen LogP contribution is 2.59. The molecule has 3 aliphatic rings. The number of methoxy groups -OCH3 is 3. The van der Waals surface area contributed by atoms with Gasteiger partial charge in [0.1, 0.15) is 35.3 Å². The Morgan fingerprint density at radius 1 is 0.958 bits per heavy atom. The molecule has 1 amide bonds. The monoisotopic (exact) mass is 993 g/mol. The lowest BCUT2D eigenvalue weighted by Gasteiger charge is -2.62. The highest BCUT2D eigenvalue weighted by Gasteiger charge is 2.70. The van der Waals surface area contributed by atoms with E-state index >= 15 is 4.79 Å². The largest absolute Gasteiger partial charge is 0.456 e. The summed E-state index contributed by atoms with van der Waals surface area (Å²) in [5, 5.41) is 16.3. The SMILES string of the molecule is CCN(CCC[C@@H](C(=O)[C@@]1(C)C(C)[C@]2(OC(C)=O)CO[C@@H]2C[C@@H]1OC)C1=C(C)[C@@H](OC(=O)[C@H](OC)[C@@H](NC(=O)OC(C)(C)C)c2ccccc2)C[C@@](O)([C@H](C)OC(=O)c2ccccc2)C1(C)C)CCOC. The lowest BCUT2D eigenvalue weighted by Crippen LogP contribution is -2.74. The second kappa shape index (κ2) is 23.4. The van der Waals surface area contributed by atoms with Gasteiger partial charge in [-0.2, -0.15) is 0 Å². The highest BCUT2D eigenvalue weighted by atomic mass is 16.6. The minimum Gasteiger partial charge on any atom is -0.456 e. The van der Waals surface area contributed by atoms with Crippen LogP contribution in [0.15, 0.2) is 71.8 Å². The van der Waals surface area contributed by atoms with Gasteiger partial charge >= 0.3 is 24.0 Å². The van der Waals surface area contributed by atoms with Crippen molar-refractivity contribution in [1.82, 2.24) is 10.2 Å². The smallest absolute Gasteiger partial charge is 0.408 e. The van der Waals surface area contributed by atoms with Gasteiger partial charge in [0.05, 0.1) is 36.3 Å². The number of carbonyl (C=O) groups is 5. The molecule has 1 aliphatic heterocycles. The molecular formula is C55H80N2O14. The molecule has 5 rings (SSSR count). The Bertz CT molecular complexity index is 2190. The van der Waals surface area contributed by atoms with E-state index in [4.69, 9.17) is 37.9 Å². The second-order valence-electron chi connectivity index (χ2n) is 21.2. The van der Waals surface area contributed by atoms with Gasteiger partial charge in [-0.25, -0.2) is 14.4 Å². The molecule has 394 valence electrons. The summed E-state index contributed by atoms with van der Waals surface area (Å²) in [5.41, 5.74) is -4.74. The zero-order chi connectivity index (χ0) is 52.7. The molecule has 71 heavy (non-hydrogen) atoms. The van der Waals surface area contributed by atoms with Crippen LogP contribution >= 0.6 is 0 Å². The van der Waals surface area contributed by atoms with Crippen LogP contribution in [0.25, 0.3) is 0 Å². The molecule has 2 fully saturated rings. The molecule has 2 aromatic rings. The number of ketones is 1. The molecule has 2 N–H and O–H groups in total. The number of fused-ring (bicyclic) bond motifs is 1. The number of rotatable bonds is 22. The van der Waals surface area contributed by atoms with Crippen LogP contribution < -0.4 is 5.32 Å². The molecule has 1 unspecified atom stereocenters. The van der Waals surface area contributed by atoms with E-state index in [0.717, 1.165) is 6.54 Å².